The van der Waals surface area contributed by atoms with E-state index in [4.69, 9.17) is 5.73 Å². The highest BCUT2D eigenvalue weighted by Gasteiger charge is 2.19. The van der Waals surface area contributed by atoms with E-state index < -0.39 is 9.84 Å². The Morgan fingerprint density at radius 2 is 2.00 bits per heavy atom. The summed E-state index contributed by atoms with van der Waals surface area (Å²) >= 11 is 0. The highest BCUT2D eigenvalue weighted by atomic mass is 32.2. The van der Waals surface area contributed by atoms with E-state index in [1.54, 1.807) is 18.2 Å². The van der Waals surface area contributed by atoms with E-state index in [1.807, 2.05) is 6.92 Å². The van der Waals surface area contributed by atoms with Gasteiger partial charge < -0.3 is 11.1 Å². The van der Waals surface area contributed by atoms with Crippen molar-refractivity contribution in [2.24, 2.45) is 11.7 Å². The standard InChI is InChI=1S/C13H20N2O3S/c1-3-6-10(9-14)13(16)15-11-7-4-5-8-12(11)19(2,17)18/h4-5,7-8,10H,3,6,9,14H2,1-2H3,(H,15,16). The second kappa shape index (κ2) is 6.68. The summed E-state index contributed by atoms with van der Waals surface area (Å²) in [6.07, 6.45) is 2.65. The van der Waals surface area contributed by atoms with Gasteiger partial charge in [0.05, 0.1) is 16.5 Å². The number of amides is 1. The Bertz CT molecular complexity index is 541. The molecule has 106 valence electrons. The third-order valence-corrected chi connectivity index (χ3v) is 3.99. The van der Waals surface area contributed by atoms with Gasteiger partial charge in [-0.05, 0) is 18.6 Å². The molecule has 1 amide bonds. The van der Waals surface area contributed by atoms with Crippen LogP contribution in [0.5, 0.6) is 0 Å². The predicted octanol–water partition coefficient (Wildman–Crippen LogP) is 1.40. The molecular formula is C13H20N2O3S. The van der Waals surface area contributed by atoms with E-state index in [1.165, 1.54) is 6.07 Å². The van der Waals surface area contributed by atoms with Crippen LogP contribution in [0.2, 0.25) is 0 Å². The van der Waals surface area contributed by atoms with E-state index in [0.717, 1.165) is 12.7 Å². The van der Waals surface area contributed by atoms with E-state index in [2.05, 4.69) is 5.32 Å². The molecule has 1 aromatic rings. The number of rotatable bonds is 6. The van der Waals surface area contributed by atoms with Crippen LogP contribution in [0.1, 0.15) is 19.8 Å². The fourth-order valence-electron chi connectivity index (χ4n) is 1.83. The molecule has 0 aliphatic heterocycles. The SMILES string of the molecule is CCCC(CN)C(=O)Nc1ccccc1S(C)(=O)=O. The summed E-state index contributed by atoms with van der Waals surface area (Å²) in [6.45, 7) is 2.22. The van der Waals surface area contributed by atoms with Crippen LogP contribution in [0.4, 0.5) is 5.69 Å². The van der Waals surface area contributed by atoms with E-state index >= 15 is 0 Å². The largest absolute Gasteiger partial charge is 0.330 e. The summed E-state index contributed by atoms with van der Waals surface area (Å²) in [7, 11) is -3.37. The molecular weight excluding hydrogens is 264 g/mol. The fraction of sp³-hybridized carbons (Fsp3) is 0.462. The second-order valence-corrected chi connectivity index (χ2v) is 6.46. The van der Waals surface area contributed by atoms with Gasteiger partial charge >= 0.3 is 0 Å². The third-order valence-electron chi connectivity index (χ3n) is 2.84. The topological polar surface area (TPSA) is 89.3 Å². The van der Waals surface area contributed by atoms with Gasteiger partial charge in [0, 0.05) is 12.8 Å². The van der Waals surface area contributed by atoms with Crippen LogP contribution in [-0.4, -0.2) is 27.1 Å². The van der Waals surface area contributed by atoms with E-state index in [9.17, 15) is 13.2 Å². The lowest BCUT2D eigenvalue weighted by Gasteiger charge is -2.15. The zero-order valence-corrected chi connectivity index (χ0v) is 12.0. The molecule has 0 aliphatic rings. The monoisotopic (exact) mass is 284 g/mol. The van der Waals surface area contributed by atoms with Gasteiger partial charge in [-0.25, -0.2) is 8.42 Å². The highest BCUT2D eigenvalue weighted by molar-refractivity contribution is 7.90. The van der Waals surface area contributed by atoms with Crippen molar-refractivity contribution in [1.82, 2.24) is 0 Å². The van der Waals surface area contributed by atoms with Crippen molar-refractivity contribution >= 4 is 21.4 Å². The zero-order valence-electron chi connectivity index (χ0n) is 11.2. The number of hydrogen-bond donors (Lipinski definition) is 2. The average Bonchev–Trinajstić information content (AvgIpc) is 2.35. The Morgan fingerprint density at radius 3 is 2.53 bits per heavy atom. The molecule has 0 fully saturated rings. The highest BCUT2D eigenvalue weighted by Crippen LogP contribution is 2.21. The Labute approximate surface area is 114 Å². The molecule has 0 spiro atoms. The number of sulfone groups is 1. The minimum atomic E-state index is -3.37. The van der Waals surface area contributed by atoms with Gasteiger partial charge in [0.2, 0.25) is 5.91 Å². The van der Waals surface area contributed by atoms with Crippen molar-refractivity contribution in [3.8, 4) is 0 Å². The van der Waals surface area contributed by atoms with Crippen LogP contribution in [0.3, 0.4) is 0 Å². The maximum Gasteiger partial charge on any atom is 0.228 e. The van der Waals surface area contributed by atoms with Crippen molar-refractivity contribution in [2.75, 3.05) is 18.1 Å². The van der Waals surface area contributed by atoms with Crippen molar-refractivity contribution in [2.45, 2.75) is 24.7 Å². The summed E-state index contributed by atoms with van der Waals surface area (Å²) < 4.78 is 23.2. The summed E-state index contributed by atoms with van der Waals surface area (Å²) in [5.74, 6) is -0.530. The van der Waals surface area contributed by atoms with Gasteiger partial charge in [0.15, 0.2) is 9.84 Å². The Hall–Kier alpha value is -1.40. The second-order valence-electron chi connectivity index (χ2n) is 4.48. The third kappa shape index (κ3) is 4.33. The minimum Gasteiger partial charge on any atom is -0.330 e. The number of para-hydroxylation sites is 1. The van der Waals surface area contributed by atoms with Crippen LogP contribution in [-0.2, 0) is 14.6 Å². The lowest BCUT2D eigenvalue weighted by molar-refractivity contribution is -0.119. The first-order valence-electron chi connectivity index (χ1n) is 6.20. The molecule has 0 aliphatic carbocycles. The lowest BCUT2D eigenvalue weighted by Crippen LogP contribution is -2.29. The smallest absolute Gasteiger partial charge is 0.228 e. The number of carbonyl (C=O) groups is 1. The Balaban J connectivity index is 2.97. The zero-order chi connectivity index (χ0) is 14.5. The Morgan fingerprint density at radius 1 is 1.37 bits per heavy atom. The molecule has 1 atom stereocenters. The van der Waals surface area contributed by atoms with Crippen molar-refractivity contribution < 1.29 is 13.2 Å². The molecule has 5 nitrogen and oxygen atoms in total. The van der Waals surface area contributed by atoms with Crippen LogP contribution in [0.25, 0.3) is 0 Å². The van der Waals surface area contributed by atoms with E-state index in [-0.39, 0.29) is 23.3 Å². The van der Waals surface area contributed by atoms with Gasteiger partial charge in [-0.2, -0.15) is 0 Å². The van der Waals surface area contributed by atoms with Gasteiger partial charge in [-0.15, -0.1) is 0 Å². The molecule has 1 unspecified atom stereocenters. The number of benzene rings is 1. The van der Waals surface area contributed by atoms with Crippen LogP contribution >= 0.6 is 0 Å². The number of nitrogens with two attached hydrogens (primary N) is 1. The molecule has 6 heteroatoms. The Kier molecular flexibility index (Phi) is 5.50. The van der Waals surface area contributed by atoms with E-state index in [0.29, 0.717) is 12.1 Å². The molecule has 0 bridgehead atoms. The average molecular weight is 284 g/mol. The predicted molar refractivity (Wildman–Crippen MR) is 75.6 cm³/mol. The van der Waals surface area contributed by atoms with Crippen molar-refractivity contribution in [1.29, 1.82) is 0 Å². The van der Waals surface area contributed by atoms with Gasteiger partial charge in [-0.3, -0.25) is 4.79 Å². The molecule has 19 heavy (non-hydrogen) atoms. The maximum atomic E-state index is 12.0. The van der Waals surface area contributed by atoms with Crippen LogP contribution < -0.4 is 11.1 Å². The number of anilines is 1. The van der Waals surface area contributed by atoms with Crippen LogP contribution in [0, 0.1) is 5.92 Å². The first-order valence-corrected chi connectivity index (χ1v) is 8.09. The first kappa shape index (κ1) is 15.7. The first-order chi connectivity index (χ1) is 8.90. The summed E-state index contributed by atoms with van der Waals surface area (Å²) in [6, 6.07) is 6.36. The van der Waals surface area contributed by atoms with Gasteiger partial charge in [-0.1, -0.05) is 25.5 Å². The molecule has 0 aromatic heterocycles. The molecule has 3 N–H and O–H groups in total. The summed E-state index contributed by atoms with van der Waals surface area (Å²) in [4.78, 5) is 12.1. The lowest BCUT2D eigenvalue weighted by atomic mass is 10.0. The van der Waals surface area contributed by atoms with Crippen molar-refractivity contribution in [3.63, 3.8) is 0 Å². The molecule has 0 radical (unpaired) electrons. The maximum absolute atomic E-state index is 12.0. The summed E-state index contributed by atoms with van der Waals surface area (Å²) in [5, 5.41) is 2.65. The minimum absolute atomic E-state index is 0.121. The quantitative estimate of drug-likeness (QED) is 0.826. The normalized spacial score (nSPS) is 13.0. The fourth-order valence-corrected chi connectivity index (χ4v) is 2.68. The summed E-state index contributed by atoms with van der Waals surface area (Å²) in [5.41, 5.74) is 5.87. The van der Waals surface area contributed by atoms with Crippen molar-refractivity contribution in [3.05, 3.63) is 24.3 Å². The number of carbonyl (C=O) groups excluding carboxylic acids is 1. The van der Waals surface area contributed by atoms with Crippen LogP contribution in [0.15, 0.2) is 29.2 Å². The molecule has 1 aromatic carbocycles. The molecule has 0 heterocycles. The number of hydrogen-bond acceptors (Lipinski definition) is 4. The molecule has 1 rings (SSSR count). The number of nitrogens with one attached hydrogen (secondary N) is 1. The molecule has 0 saturated heterocycles. The van der Waals surface area contributed by atoms with Gasteiger partial charge in [0.25, 0.3) is 0 Å². The molecule has 0 saturated carbocycles. The van der Waals surface area contributed by atoms with Gasteiger partial charge in [0.1, 0.15) is 0 Å².